The second kappa shape index (κ2) is 3.40. The molecule has 0 aromatic carbocycles. The van der Waals surface area contributed by atoms with Crippen LogP contribution in [0.3, 0.4) is 0 Å². The molecule has 3 nitrogen and oxygen atoms in total. The highest BCUT2D eigenvalue weighted by molar-refractivity contribution is 5.73. The largest absolute Gasteiger partial charge is 0.480 e. The Bertz CT molecular complexity index is 191. The van der Waals surface area contributed by atoms with E-state index < -0.39 is 17.6 Å². The predicted molar refractivity (Wildman–Crippen MR) is 43.1 cm³/mol. The summed E-state index contributed by atoms with van der Waals surface area (Å²) in [5.41, 5.74) is -0.558. The highest BCUT2D eigenvalue weighted by atomic mass is 16.4. The Morgan fingerprint density at radius 3 is 2.45 bits per heavy atom. The molecule has 0 rings (SSSR count). The van der Waals surface area contributed by atoms with Crippen molar-refractivity contribution in [2.45, 2.75) is 32.4 Å². The van der Waals surface area contributed by atoms with Crippen LogP contribution in [0.4, 0.5) is 0 Å². The van der Waals surface area contributed by atoms with Gasteiger partial charge in [-0.3, -0.25) is 10.1 Å². The van der Waals surface area contributed by atoms with Crippen LogP contribution in [0.2, 0.25) is 0 Å². The zero-order chi connectivity index (χ0) is 9.07. The first kappa shape index (κ1) is 9.99. The first-order valence-corrected chi connectivity index (χ1v) is 3.37. The van der Waals surface area contributed by atoms with Gasteiger partial charge in [0, 0.05) is 0 Å². The highest BCUT2D eigenvalue weighted by Crippen LogP contribution is 2.00. The molecule has 0 aliphatic rings. The molecule has 0 heterocycles. The molecule has 3 heteroatoms. The van der Waals surface area contributed by atoms with Gasteiger partial charge in [0.05, 0.1) is 5.54 Å². The number of nitrogens with one attached hydrogen (secondary N) is 1. The first-order chi connectivity index (χ1) is 4.89. The van der Waals surface area contributed by atoms with Crippen LogP contribution < -0.4 is 5.32 Å². The van der Waals surface area contributed by atoms with E-state index in [0.717, 1.165) is 0 Å². The van der Waals surface area contributed by atoms with Crippen LogP contribution in [0.5, 0.6) is 0 Å². The normalized spacial score (nSPS) is 13.6. The van der Waals surface area contributed by atoms with Crippen molar-refractivity contribution in [3.05, 3.63) is 0 Å². The molecule has 0 aromatic rings. The minimum Gasteiger partial charge on any atom is -0.480 e. The second-order valence-corrected chi connectivity index (χ2v) is 2.97. The standard InChI is InChI=1S/C8H13NO2/c1-5-8(3,4)9-6(2)7(10)11/h1,6,9H,2-4H3,(H,10,11). The molecule has 0 fully saturated rings. The Labute approximate surface area is 66.8 Å². The van der Waals surface area contributed by atoms with E-state index >= 15 is 0 Å². The lowest BCUT2D eigenvalue weighted by Gasteiger charge is -2.22. The minimum atomic E-state index is -0.895. The predicted octanol–water partition coefficient (Wildman–Crippen LogP) is 0.461. The molecule has 1 unspecified atom stereocenters. The fourth-order valence-electron chi connectivity index (χ4n) is 0.645. The first-order valence-electron chi connectivity index (χ1n) is 3.37. The molecule has 0 spiro atoms. The molecule has 0 radical (unpaired) electrons. The van der Waals surface area contributed by atoms with Gasteiger partial charge >= 0.3 is 5.97 Å². The van der Waals surface area contributed by atoms with Crippen molar-refractivity contribution in [1.29, 1.82) is 0 Å². The van der Waals surface area contributed by atoms with Crippen LogP contribution in [0, 0.1) is 12.3 Å². The van der Waals surface area contributed by atoms with E-state index in [1.165, 1.54) is 0 Å². The third kappa shape index (κ3) is 3.64. The highest BCUT2D eigenvalue weighted by Gasteiger charge is 2.20. The summed E-state index contributed by atoms with van der Waals surface area (Å²) >= 11 is 0. The lowest BCUT2D eigenvalue weighted by Crippen LogP contribution is -2.47. The van der Waals surface area contributed by atoms with Gasteiger partial charge in [0.15, 0.2) is 0 Å². The number of carboxylic acid groups (broad SMARTS) is 1. The molecule has 1 atom stereocenters. The summed E-state index contributed by atoms with van der Waals surface area (Å²) in [7, 11) is 0. The average molecular weight is 155 g/mol. The van der Waals surface area contributed by atoms with E-state index in [1.807, 2.05) is 0 Å². The molecule has 11 heavy (non-hydrogen) atoms. The van der Waals surface area contributed by atoms with Crippen molar-refractivity contribution < 1.29 is 9.90 Å². The monoisotopic (exact) mass is 155 g/mol. The summed E-state index contributed by atoms with van der Waals surface area (Å²) in [6, 6.07) is -0.610. The number of aliphatic carboxylic acids is 1. The number of terminal acetylenes is 1. The number of hydrogen-bond acceptors (Lipinski definition) is 2. The molecule has 0 saturated heterocycles. The van der Waals surface area contributed by atoms with Crippen molar-refractivity contribution in [1.82, 2.24) is 5.32 Å². The van der Waals surface area contributed by atoms with Gasteiger partial charge in [-0.2, -0.15) is 0 Å². The molecule has 0 bridgehead atoms. The average Bonchev–Trinajstić information content (AvgIpc) is 1.87. The van der Waals surface area contributed by atoms with Crippen molar-refractivity contribution in [3.8, 4) is 12.3 Å². The molecule has 0 aromatic heterocycles. The summed E-state index contributed by atoms with van der Waals surface area (Å²) in [6.07, 6.45) is 5.15. The van der Waals surface area contributed by atoms with Gasteiger partial charge in [0.25, 0.3) is 0 Å². The SMILES string of the molecule is C#CC(C)(C)NC(C)C(=O)O. The van der Waals surface area contributed by atoms with Crippen molar-refractivity contribution >= 4 is 5.97 Å². The number of carbonyl (C=O) groups is 1. The number of rotatable bonds is 3. The fourth-order valence-corrected chi connectivity index (χ4v) is 0.645. The zero-order valence-corrected chi connectivity index (χ0v) is 7.01. The van der Waals surface area contributed by atoms with Crippen LogP contribution in [-0.2, 0) is 4.79 Å². The summed E-state index contributed by atoms with van der Waals surface area (Å²) in [5.74, 6) is 1.56. The van der Waals surface area contributed by atoms with Gasteiger partial charge in [0.1, 0.15) is 6.04 Å². The quantitative estimate of drug-likeness (QED) is 0.582. The molecule has 0 amide bonds. The van der Waals surface area contributed by atoms with Crippen molar-refractivity contribution in [2.75, 3.05) is 0 Å². The van der Waals surface area contributed by atoms with E-state index in [2.05, 4.69) is 11.2 Å². The van der Waals surface area contributed by atoms with Gasteiger partial charge in [0.2, 0.25) is 0 Å². The molecule has 2 N–H and O–H groups in total. The van der Waals surface area contributed by atoms with Crippen LogP contribution in [-0.4, -0.2) is 22.7 Å². The lowest BCUT2D eigenvalue weighted by molar-refractivity contribution is -0.139. The Morgan fingerprint density at radius 2 is 2.18 bits per heavy atom. The number of hydrogen-bond donors (Lipinski definition) is 2. The fraction of sp³-hybridized carbons (Fsp3) is 0.625. The summed E-state index contributed by atoms with van der Waals surface area (Å²) in [4.78, 5) is 10.4. The molecule has 0 saturated carbocycles. The van der Waals surface area contributed by atoms with Crippen LogP contribution in [0.15, 0.2) is 0 Å². The van der Waals surface area contributed by atoms with Crippen LogP contribution in [0.1, 0.15) is 20.8 Å². The van der Waals surface area contributed by atoms with E-state index in [9.17, 15) is 4.79 Å². The van der Waals surface area contributed by atoms with E-state index in [1.54, 1.807) is 20.8 Å². The molecule has 0 aliphatic carbocycles. The Morgan fingerprint density at radius 1 is 1.73 bits per heavy atom. The van der Waals surface area contributed by atoms with Gasteiger partial charge in [-0.15, -0.1) is 6.42 Å². The van der Waals surface area contributed by atoms with Crippen molar-refractivity contribution in [2.24, 2.45) is 0 Å². The van der Waals surface area contributed by atoms with Gasteiger partial charge in [-0.05, 0) is 20.8 Å². The summed E-state index contributed by atoms with van der Waals surface area (Å²) in [5, 5.41) is 11.3. The maximum Gasteiger partial charge on any atom is 0.320 e. The zero-order valence-electron chi connectivity index (χ0n) is 7.01. The van der Waals surface area contributed by atoms with E-state index in [0.29, 0.717) is 0 Å². The smallest absolute Gasteiger partial charge is 0.320 e. The van der Waals surface area contributed by atoms with E-state index in [4.69, 9.17) is 11.5 Å². The van der Waals surface area contributed by atoms with Crippen LogP contribution >= 0.6 is 0 Å². The molecule has 62 valence electrons. The van der Waals surface area contributed by atoms with Gasteiger partial charge in [-0.1, -0.05) is 5.92 Å². The lowest BCUT2D eigenvalue weighted by atomic mass is 10.1. The topological polar surface area (TPSA) is 49.3 Å². The van der Waals surface area contributed by atoms with Gasteiger partial charge in [-0.25, -0.2) is 0 Å². The third-order valence-corrected chi connectivity index (χ3v) is 1.31. The van der Waals surface area contributed by atoms with Gasteiger partial charge < -0.3 is 5.11 Å². The number of carboxylic acids is 1. The third-order valence-electron chi connectivity index (χ3n) is 1.31. The molecular formula is C8H13NO2. The minimum absolute atomic E-state index is 0.558. The van der Waals surface area contributed by atoms with E-state index in [-0.39, 0.29) is 0 Å². The second-order valence-electron chi connectivity index (χ2n) is 2.97. The summed E-state index contributed by atoms with van der Waals surface area (Å²) < 4.78 is 0. The maximum absolute atomic E-state index is 10.4. The molecule has 0 aliphatic heterocycles. The summed E-state index contributed by atoms with van der Waals surface area (Å²) in [6.45, 7) is 5.07. The Balaban J connectivity index is 4.07. The maximum atomic E-state index is 10.4. The molecular weight excluding hydrogens is 142 g/mol. The Hall–Kier alpha value is -1.01. The van der Waals surface area contributed by atoms with Crippen molar-refractivity contribution in [3.63, 3.8) is 0 Å². The van der Waals surface area contributed by atoms with Crippen LogP contribution in [0.25, 0.3) is 0 Å². The Kier molecular flexibility index (Phi) is 3.09.